The number of nitrogens with one attached hydrogen (secondary N) is 1. The number of hydrogen-bond donors (Lipinski definition) is 1. The molecule has 1 N–H and O–H groups in total. The fourth-order valence-corrected chi connectivity index (χ4v) is 1.16. The summed E-state index contributed by atoms with van der Waals surface area (Å²) >= 11 is 4.61. The summed E-state index contributed by atoms with van der Waals surface area (Å²) < 4.78 is 30.1. The number of halogens is 3. The summed E-state index contributed by atoms with van der Waals surface area (Å²) in [6, 6.07) is 1.23. The maximum Gasteiger partial charge on any atom is 0.488 e. The number of anilines is 1. The summed E-state index contributed by atoms with van der Waals surface area (Å²) in [5, 5.41) is 17.2. The Balaban J connectivity index is 2.08. The number of alkyl halides is 3. The molecule has 0 atom stereocenters. The summed E-state index contributed by atoms with van der Waals surface area (Å²) in [6.45, 7) is 0. The molecule has 7 nitrogen and oxygen atoms in total. The van der Waals surface area contributed by atoms with Crippen LogP contribution in [0, 0.1) is 0 Å². The average molecular weight is 264 g/mol. The molecule has 0 amide bonds. The Hall–Kier alpha value is -1.90. The van der Waals surface area contributed by atoms with Crippen LogP contribution in [0.15, 0.2) is 16.3 Å². The monoisotopic (exact) mass is 263 g/mol. The van der Waals surface area contributed by atoms with Crippen molar-refractivity contribution in [3.8, 4) is 5.88 Å². The number of aromatic nitrogens is 2. The topological polar surface area (TPSA) is 77.9 Å². The minimum absolute atomic E-state index is 0.220. The van der Waals surface area contributed by atoms with E-state index < -0.39 is 5.57 Å². The van der Waals surface area contributed by atoms with Gasteiger partial charge in [-0.15, -0.1) is 24.1 Å². The quantitative estimate of drug-likeness (QED) is 0.824. The maximum absolute atomic E-state index is 12.4. The minimum Gasteiger partial charge on any atom is -0.400 e. The predicted octanol–water partition coefficient (Wildman–Crippen LogP) is 0.917. The Kier molecular flexibility index (Phi) is 2.84. The number of hydrogen-bond acceptors (Lipinski definition) is 5. The van der Waals surface area contributed by atoms with Crippen LogP contribution in [-0.4, -0.2) is 27.6 Å². The molecule has 1 aliphatic heterocycles. The highest BCUT2D eigenvalue weighted by Gasteiger charge is 2.29. The van der Waals surface area contributed by atoms with E-state index in [-0.39, 0.29) is 11.8 Å². The smallest absolute Gasteiger partial charge is 0.400 e. The van der Waals surface area contributed by atoms with Crippen LogP contribution in [0.1, 0.15) is 0 Å². The molecule has 2 rings (SSSR count). The van der Waals surface area contributed by atoms with Crippen LogP contribution in [0.2, 0.25) is 0 Å². The van der Waals surface area contributed by atoms with Crippen molar-refractivity contribution in [3.63, 3.8) is 0 Å². The van der Waals surface area contributed by atoms with E-state index in [1.165, 1.54) is 24.1 Å². The third-order valence-corrected chi connectivity index (χ3v) is 1.78. The Bertz CT molecular complexity index is 479. The number of nitrogens with zero attached hydrogens (tertiary/aromatic N) is 5. The molecule has 0 saturated heterocycles. The van der Waals surface area contributed by atoms with Crippen molar-refractivity contribution in [2.75, 3.05) is 5.32 Å². The summed E-state index contributed by atoms with van der Waals surface area (Å²) in [4.78, 5) is 0. The second kappa shape index (κ2) is 4.17. The molecule has 0 saturated carbocycles. The molecule has 0 aliphatic carbocycles. The Morgan fingerprint density at radius 2 is 2.29 bits per heavy atom. The van der Waals surface area contributed by atoms with Crippen LogP contribution in [0.4, 0.5) is 14.6 Å². The molecule has 1 aliphatic rings. The van der Waals surface area contributed by atoms with Crippen molar-refractivity contribution in [2.45, 2.75) is 5.57 Å². The lowest BCUT2D eigenvalue weighted by atomic mass is 10.6. The first kappa shape index (κ1) is 11.6. The summed E-state index contributed by atoms with van der Waals surface area (Å²) in [5.41, 5.74) is -3.80. The van der Waals surface area contributed by atoms with Crippen LogP contribution >= 0.6 is 11.6 Å². The van der Waals surface area contributed by atoms with Gasteiger partial charge < -0.3 is 10.1 Å². The van der Waals surface area contributed by atoms with Gasteiger partial charge in [0.05, 0.1) is 0 Å². The largest absolute Gasteiger partial charge is 0.488 e. The number of ether oxygens (including phenoxy) is 1. The van der Waals surface area contributed by atoms with Crippen LogP contribution < -0.4 is 15.4 Å². The molecule has 1 aromatic heterocycles. The normalized spacial score (nSPS) is 14.5. The van der Waals surface area contributed by atoms with Crippen molar-refractivity contribution < 1.29 is 13.5 Å². The first-order valence-corrected chi connectivity index (χ1v) is 4.69. The molecule has 0 unspecified atom stereocenters. The van der Waals surface area contributed by atoms with Gasteiger partial charge in [0.1, 0.15) is 12.2 Å². The Labute approximate surface area is 99.1 Å². The third kappa shape index (κ3) is 3.03. The molecule has 17 heavy (non-hydrogen) atoms. The van der Waals surface area contributed by atoms with E-state index in [1.54, 1.807) is 0 Å². The van der Waals surface area contributed by atoms with E-state index in [0.717, 1.165) is 0 Å². The zero-order chi connectivity index (χ0) is 12.5. The van der Waals surface area contributed by atoms with E-state index in [1.807, 2.05) is 0 Å². The van der Waals surface area contributed by atoms with Gasteiger partial charge >= 0.3 is 5.57 Å². The lowest BCUT2D eigenvalue weighted by Gasteiger charge is -2.05. The van der Waals surface area contributed by atoms with E-state index in [9.17, 15) is 8.78 Å². The maximum atomic E-state index is 12.4. The Morgan fingerprint density at radius 1 is 1.53 bits per heavy atom. The number of aryl methyl sites for hydroxylation is 1. The van der Waals surface area contributed by atoms with Crippen LogP contribution in [0.25, 0.3) is 0 Å². The highest BCUT2D eigenvalue weighted by Crippen LogP contribution is 2.25. The van der Waals surface area contributed by atoms with Gasteiger partial charge in [-0.1, -0.05) is 0 Å². The molecule has 2 heterocycles. The highest BCUT2D eigenvalue weighted by molar-refractivity contribution is 6.20. The molecule has 91 valence electrons. The number of rotatable bonds is 3. The van der Waals surface area contributed by atoms with Crippen molar-refractivity contribution in [1.82, 2.24) is 15.1 Å². The zero-order valence-corrected chi connectivity index (χ0v) is 9.19. The predicted molar refractivity (Wildman–Crippen MR) is 56.3 cm³/mol. The molecule has 0 bridgehead atoms. The second-order valence-corrected chi connectivity index (χ2v) is 3.39. The Morgan fingerprint density at radius 3 is 2.88 bits per heavy atom. The van der Waals surface area contributed by atoms with E-state index in [2.05, 4.69) is 42.3 Å². The molecular weight excluding hydrogens is 258 g/mol. The second-order valence-electron chi connectivity index (χ2n) is 2.95. The van der Waals surface area contributed by atoms with Gasteiger partial charge in [0, 0.05) is 24.7 Å². The minimum atomic E-state index is -3.80. The summed E-state index contributed by atoms with van der Waals surface area (Å²) in [6.07, 6.45) is 1.24. The standard InChI is InChI=1S/C7H6ClF2N6O/c1-16-4(13-6-11-3-12-14-6)2-5(15-16)17-7(8,9)10/h2-3H,1H3,(H,13,14). The van der Waals surface area contributed by atoms with Gasteiger partial charge in [0.25, 0.3) is 0 Å². The van der Waals surface area contributed by atoms with Gasteiger partial charge in [-0.05, 0) is 0 Å². The first-order valence-electron chi connectivity index (χ1n) is 4.31. The van der Waals surface area contributed by atoms with Gasteiger partial charge in [0.15, 0.2) is 0 Å². The highest BCUT2D eigenvalue weighted by atomic mass is 35.5. The lowest BCUT2D eigenvalue weighted by molar-refractivity contribution is -0.0993. The summed E-state index contributed by atoms with van der Waals surface area (Å²) in [7, 11) is 1.53. The number of guanidine groups is 1. The van der Waals surface area contributed by atoms with Gasteiger partial charge in [-0.25, -0.2) is 4.68 Å². The van der Waals surface area contributed by atoms with Gasteiger partial charge in [-0.3, -0.25) is 0 Å². The van der Waals surface area contributed by atoms with Crippen LogP contribution in [0.5, 0.6) is 5.88 Å². The van der Waals surface area contributed by atoms with Crippen LogP contribution in [0.3, 0.4) is 0 Å². The SMILES string of the molecule is Cn1nc(OC(F)(F)Cl)cc1NC1=NN=C[N]1. The molecule has 1 aromatic rings. The van der Waals surface area contributed by atoms with E-state index >= 15 is 0 Å². The van der Waals surface area contributed by atoms with Crippen molar-refractivity contribution in [3.05, 3.63) is 6.07 Å². The van der Waals surface area contributed by atoms with Crippen molar-refractivity contribution >= 4 is 29.7 Å². The van der Waals surface area contributed by atoms with Crippen LogP contribution in [-0.2, 0) is 7.05 Å². The van der Waals surface area contributed by atoms with Gasteiger partial charge in [-0.2, -0.15) is 5.32 Å². The molecular formula is C7H6ClF2N6O. The summed E-state index contributed by atoms with van der Waals surface area (Å²) in [5.74, 6) is 0.251. The van der Waals surface area contributed by atoms with Crippen molar-refractivity contribution in [2.24, 2.45) is 17.3 Å². The lowest BCUT2D eigenvalue weighted by Crippen LogP contribution is -2.21. The molecule has 1 radical (unpaired) electrons. The van der Waals surface area contributed by atoms with Crippen molar-refractivity contribution in [1.29, 1.82) is 0 Å². The molecule has 10 heteroatoms. The fraction of sp³-hybridized carbons (Fsp3) is 0.286. The fourth-order valence-electron chi connectivity index (χ4n) is 1.09. The van der Waals surface area contributed by atoms with E-state index in [4.69, 9.17) is 0 Å². The van der Waals surface area contributed by atoms with Gasteiger partial charge in [0.2, 0.25) is 11.8 Å². The molecule has 0 spiro atoms. The average Bonchev–Trinajstić information content (AvgIpc) is 2.75. The molecule has 0 aromatic carbocycles. The van der Waals surface area contributed by atoms with E-state index in [0.29, 0.717) is 5.82 Å². The molecule has 0 fully saturated rings. The third-order valence-electron chi connectivity index (χ3n) is 1.70. The zero-order valence-electron chi connectivity index (χ0n) is 8.43. The first-order chi connectivity index (χ1) is 7.94.